The van der Waals surface area contributed by atoms with Gasteiger partial charge >= 0.3 is 11.9 Å². The summed E-state index contributed by atoms with van der Waals surface area (Å²) in [6.07, 6.45) is 1.40. The highest BCUT2D eigenvalue weighted by molar-refractivity contribution is 7.89. The third kappa shape index (κ3) is 5.07. The van der Waals surface area contributed by atoms with E-state index in [1.165, 1.54) is 17.8 Å². The van der Waals surface area contributed by atoms with Crippen LogP contribution in [0.25, 0.3) is 0 Å². The number of carbonyl (C=O) groups excluding carboxylic acids is 1. The number of nitrogens with one attached hydrogen (secondary N) is 1. The zero-order chi connectivity index (χ0) is 17.8. The molecule has 0 aromatic carbocycles. The molecule has 0 aliphatic heterocycles. The third-order valence-electron chi connectivity index (χ3n) is 3.08. The standard InChI is InChI=1S/C14H22N2O6S/c1-5-22-14(19)12-7-10(8-16(12)4)23(20,21)15-11(13(17)18)6-9(2)3/h7-9,11,15H,5-6H2,1-4H3,(H,17,18). The predicted octanol–water partition coefficient (Wildman–Crippen LogP) is 0.979. The Morgan fingerprint density at radius 3 is 2.48 bits per heavy atom. The van der Waals surface area contributed by atoms with Crippen LogP contribution in [0.2, 0.25) is 0 Å². The van der Waals surface area contributed by atoms with Crippen molar-refractivity contribution in [2.24, 2.45) is 13.0 Å². The van der Waals surface area contributed by atoms with E-state index < -0.39 is 28.0 Å². The maximum absolute atomic E-state index is 12.3. The summed E-state index contributed by atoms with van der Waals surface area (Å²) in [6, 6.07) is -0.0690. The maximum atomic E-state index is 12.3. The molecule has 0 saturated carbocycles. The Morgan fingerprint density at radius 2 is 2.00 bits per heavy atom. The Labute approximate surface area is 135 Å². The Morgan fingerprint density at radius 1 is 1.39 bits per heavy atom. The van der Waals surface area contributed by atoms with Crippen LogP contribution in [0, 0.1) is 5.92 Å². The zero-order valence-electron chi connectivity index (χ0n) is 13.6. The van der Waals surface area contributed by atoms with Gasteiger partial charge in [0.25, 0.3) is 0 Å². The van der Waals surface area contributed by atoms with Crippen LogP contribution < -0.4 is 4.72 Å². The van der Waals surface area contributed by atoms with Crippen molar-refractivity contribution in [1.29, 1.82) is 0 Å². The SMILES string of the molecule is CCOC(=O)c1cc(S(=O)(=O)NC(CC(C)C)C(=O)O)cn1C. The molecule has 23 heavy (non-hydrogen) atoms. The third-order valence-corrected chi connectivity index (χ3v) is 4.52. The summed E-state index contributed by atoms with van der Waals surface area (Å²) in [4.78, 5) is 22.8. The number of carboxylic acid groups (broad SMARTS) is 1. The average molecular weight is 346 g/mol. The molecule has 8 nitrogen and oxygen atoms in total. The van der Waals surface area contributed by atoms with Crippen LogP contribution in [0.1, 0.15) is 37.7 Å². The van der Waals surface area contributed by atoms with Crippen LogP contribution >= 0.6 is 0 Å². The first-order valence-corrected chi connectivity index (χ1v) is 8.65. The number of sulfonamides is 1. The molecule has 1 aromatic heterocycles. The molecule has 1 aromatic rings. The number of aliphatic carboxylic acids is 1. The highest BCUT2D eigenvalue weighted by Crippen LogP contribution is 2.16. The van der Waals surface area contributed by atoms with Crippen molar-refractivity contribution in [3.63, 3.8) is 0 Å². The fraction of sp³-hybridized carbons (Fsp3) is 0.571. The van der Waals surface area contributed by atoms with E-state index in [1.54, 1.807) is 20.8 Å². The minimum atomic E-state index is -4.06. The minimum absolute atomic E-state index is 0.00432. The topological polar surface area (TPSA) is 115 Å². The maximum Gasteiger partial charge on any atom is 0.354 e. The molecule has 1 heterocycles. The molecule has 0 radical (unpaired) electrons. The molecule has 2 N–H and O–H groups in total. The summed E-state index contributed by atoms with van der Waals surface area (Å²) in [5.41, 5.74) is 0.0722. The lowest BCUT2D eigenvalue weighted by Gasteiger charge is -2.15. The minimum Gasteiger partial charge on any atom is -0.480 e. The number of rotatable bonds is 8. The monoisotopic (exact) mass is 346 g/mol. The van der Waals surface area contributed by atoms with Gasteiger partial charge in [0.2, 0.25) is 10.0 Å². The number of hydrogen-bond donors (Lipinski definition) is 2. The fourth-order valence-corrected chi connectivity index (χ4v) is 3.29. The molecule has 0 amide bonds. The number of aromatic nitrogens is 1. The molecule has 1 atom stereocenters. The zero-order valence-corrected chi connectivity index (χ0v) is 14.4. The Balaban J connectivity index is 3.06. The van der Waals surface area contributed by atoms with Crippen LogP contribution in [0.4, 0.5) is 0 Å². The summed E-state index contributed by atoms with van der Waals surface area (Å²) in [6.45, 7) is 5.40. The molecule has 0 spiro atoms. The second kappa shape index (κ2) is 7.60. The lowest BCUT2D eigenvalue weighted by molar-refractivity contribution is -0.139. The van der Waals surface area contributed by atoms with Gasteiger partial charge < -0.3 is 14.4 Å². The van der Waals surface area contributed by atoms with Gasteiger partial charge in [-0.25, -0.2) is 13.2 Å². The summed E-state index contributed by atoms with van der Waals surface area (Å²) >= 11 is 0. The summed E-state index contributed by atoms with van der Waals surface area (Å²) in [5.74, 6) is -1.89. The molecular formula is C14H22N2O6S. The van der Waals surface area contributed by atoms with Crippen LogP contribution in [-0.4, -0.2) is 42.7 Å². The first-order valence-electron chi connectivity index (χ1n) is 7.17. The highest BCUT2D eigenvalue weighted by Gasteiger charge is 2.28. The molecule has 1 unspecified atom stereocenters. The second-order valence-corrected chi connectivity index (χ2v) is 7.25. The van der Waals surface area contributed by atoms with Gasteiger partial charge in [0.15, 0.2) is 0 Å². The lowest BCUT2D eigenvalue weighted by atomic mass is 10.1. The molecule has 130 valence electrons. The van der Waals surface area contributed by atoms with Crippen molar-refractivity contribution in [2.75, 3.05) is 6.61 Å². The Bertz CT molecular complexity index is 677. The number of esters is 1. The molecule has 0 aliphatic rings. The summed E-state index contributed by atoms with van der Waals surface area (Å²) in [7, 11) is -2.55. The largest absolute Gasteiger partial charge is 0.480 e. The van der Waals surface area contributed by atoms with Crippen LogP contribution in [0.15, 0.2) is 17.2 Å². The van der Waals surface area contributed by atoms with E-state index in [0.29, 0.717) is 0 Å². The fourth-order valence-electron chi connectivity index (χ4n) is 2.02. The van der Waals surface area contributed by atoms with E-state index in [0.717, 1.165) is 6.07 Å². The second-order valence-electron chi connectivity index (χ2n) is 5.53. The number of hydrogen-bond acceptors (Lipinski definition) is 5. The van der Waals surface area contributed by atoms with Crippen molar-refractivity contribution in [1.82, 2.24) is 9.29 Å². The van der Waals surface area contributed by atoms with Gasteiger partial charge in [0, 0.05) is 13.2 Å². The van der Waals surface area contributed by atoms with E-state index >= 15 is 0 Å². The first kappa shape index (κ1) is 19.2. The average Bonchev–Trinajstić information content (AvgIpc) is 2.80. The Hall–Kier alpha value is -1.87. The van der Waals surface area contributed by atoms with Crippen molar-refractivity contribution in [2.45, 2.75) is 38.1 Å². The van der Waals surface area contributed by atoms with Crippen LogP contribution in [0.3, 0.4) is 0 Å². The normalized spacial score (nSPS) is 13.1. The number of ether oxygens (including phenoxy) is 1. The van der Waals surface area contributed by atoms with Gasteiger partial charge in [-0.05, 0) is 25.3 Å². The number of aryl methyl sites for hydroxylation is 1. The Kier molecular flexibility index (Phi) is 6.34. The van der Waals surface area contributed by atoms with Crippen molar-refractivity contribution in [3.05, 3.63) is 18.0 Å². The van der Waals surface area contributed by atoms with E-state index in [4.69, 9.17) is 9.84 Å². The molecule has 9 heteroatoms. The molecule has 1 rings (SSSR count). The first-order chi connectivity index (χ1) is 10.6. The number of nitrogens with zero attached hydrogens (tertiary/aromatic N) is 1. The quantitative estimate of drug-likeness (QED) is 0.678. The lowest BCUT2D eigenvalue weighted by Crippen LogP contribution is -2.41. The van der Waals surface area contributed by atoms with Gasteiger partial charge in [-0.3, -0.25) is 4.79 Å². The number of carbonyl (C=O) groups is 2. The highest BCUT2D eigenvalue weighted by atomic mass is 32.2. The number of carboxylic acids is 1. The van der Waals surface area contributed by atoms with Crippen molar-refractivity contribution >= 4 is 22.0 Å². The van der Waals surface area contributed by atoms with Gasteiger partial charge in [-0.2, -0.15) is 4.72 Å². The van der Waals surface area contributed by atoms with Crippen LogP contribution in [-0.2, 0) is 26.6 Å². The van der Waals surface area contributed by atoms with E-state index in [-0.39, 0.29) is 29.5 Å². The van der Waals surface area contributed by atoms with Gasteiger partial charge in [0.05, 0.1) is 6.61 Å². The van der Waals surface area contributed by atoms with Gasteiger partial charge in [-0.1, -0.05) is 13.8 Å². The smallest absolute Gasteiger partial charge is 0.354 e. The van der Waals surface area contributed by atoms with Crippen molar-refractivity contribution < 1.29 is 27.9 Å². The molecule has 0 saturated heterocycles. The summed E-state index contributed by atoms with van der Waals surface area (Å²) < 4.78 is 33.0. The van der Waals surface area contributed by atoms with Crippen LogP contribution in [0.5, 0.6) is 0 Å². The molecule has 0 bridgehead atoms. The molecule has 0 fully saturated rings. The molecular weight excluding hydrogens is 324 g/mol. The van der Waals surface area contributed by atoms with E-state index in [2.05, 4.69) is 4.72 Å². The van der Waals surface area contributed by atoms with E-state index in [1.807, 2.05) is 0 Å². The molecule has 0 aliphatic carbocycles. The van der Waals surface area contributed by atoms with Gasteiger partial charge in [-0.15, -0.1) is 0 Å². The summed E-state index contributed by atoms with van der Waals surface area (Å²) in [5, 5.41) is 9.14. The predicted molar refractivity (Wildman–Crippen MR) is 82.6 cm³/mol. The van der Waals surface area contributed by atoms with E-state index in [9.17, 15) is 18.0 Å². The van der Waals surface area contributed by atoms with Gasteiger partial charge in [0.1, 0.15) is 16.6 Å². The van der Waals surface area contributed by atoms with Crippen molar-refractivity contribution in [3.8, 4) is 0 Å².